The number of alkyl halides is 2. The van der Waals surface area contributed by atoms with E-state index in [1.807, 2.05) is 6.92 Å². The van der Waals surface area contributed by atoms with E-state index in [2.05, 4.69) is 11.8 Å². The number of carbonyl (C=O) groups is 2. The maximum atomic E-state index is 13.8. The van der Waals surface area contributed by atoms with Crippen LogP contribution in [0.5, 0.6) is 0 Å². The minimum absolute atomic E-state index is 0.0879. The van der Waals surface area contributed by atoms with Crippen molar-refractivity contribution >= 4 is 11.9 Å². The molecule has 0 radical (unpaired) electrons. The van der Waals surface area contributed by atoms with Crippen molar-refractivity contribution in [1.29, 1.82) is 0 Å². The fourth-order valence-corrected chi connectivity index (χ4v) is 2.99. The van der Waals surface area contributed by atoms with Gasteiger partial charge in [0.2, 0.25) is 0 Å². The topological polar surface area (TPSA) is 77.8 Å². The van der Waals surface area contributed by atoms with Crippen LogP contribution in [0, 0.1) is 17.8 Å². The molecule has 1 aliphatic heterocycles. The molecule has 1 heterocycles. The lowest BCUT2D eigenvalue weighted by Crippen LogP contribution is -2.36. The first kappa shape index (κ1) is 23.1. The lowest BCUT2D eigenvalue weighted by atomic mass is 10.00. The molecular weight excluding hydrogens is 356 g/mol. The smallest absolute Gasteiger partial charge is 0.327 e. The number of rotatable bonds is 11. The Labute approximate surface area is 159 Å². The number of unbranched alkanes of at least 4 members (excludes halogenated alkanes) is 3. The largest absolute Gasteiger partial charge is 0.481 e. The van der Waals surface area contributed by atoms with E-state index in [0.29, 0.717) is 32.1 Å². The van der Waals surface area contributed by atoms with E-state index >= 15 is 0 Å². The Bertz CT molecular complexity index is 595. The summed E-state index contributed by atoms with van der Waals surface area (Å²) in [4.78, 5) is 23.6. The molecule has 7 heteroatoms. The number of nitrogens with zero attached hydrogens (tertiary/aromatic N) is 1. The lowest BCUT2D eigenvalue weighted by Gasteiger charge is -2.22. The second-order valence-corrected chi connectivity index (χ2v) is 7.02. The van der Waals surface area contributed by atoms with Gasteiger partial charge in [0.15, 0.2) is 0 Å². The SMILES string of the molecule is CC#CC[C@@H](C)[C@H](O)/C=C/C1CC(F)(F)C(=O)N1CCCCCCC(=O)O. The van der Waals surface area contributed by atoms with E-state index in [4.69, 9.17) is 5.11 Å². The summed E-state index contributed by atoms with van der Waals surface area (Å²) in [5.41, 5.74) is 0. The minimum atomic E-state index is -3.39. The molecule has 2 N–H and O–H groups in total. The number of aliphatic carboxylic acids is 1. The second-order valence-electron chi connectivity index (χ2n) is 7.02. The van der Waals surface area contributed by atoms with Crippen LogP contribution in [0.1, 0.15) is 58.8 Å². The van der Waals surface area contributed by atoms with Crippen LogP contribution in [0.25, 0.3) is 0 Å². The Morgan fingerprint density at radius 2 is 2.04 bits per heavy atom. The van der Waals surface area contributed by atoms with Gasteiger partial charge < -0.3 is 15.1 Å². The predicted octanol–water partition coefficient (Wildman–Crippen LogP) is 3.22. The van der Waals surface area contributed by atoms with Crippen LogP contribution >= 0.6 is 0 Å². The van der Waals surface area contributed by atoms with Gasteiger partial charge >= 0.3 is 11.9 Å². The van der Waals surface area contributed by atoms with Crippen molar-refractivity contribution in [3.8, 4) is 11.8 Å². The van der Waals surface area contributed by atoms with E-state index in [1.165, 1.54) is 12.2 Å². The number of amides is 1. The molecule has 1 unspecified atom stereocenters. The third-order valence-corrected chi connectivity index (χ3v) is 4.69. The molecule has 0 aromatic rings. The Kier molecular flexibility index (Phi) is 9.44. The first-order chi connectivity index (χ1) is 12.7. The molecule has 0 aliphatic carbocycles. The van der Waals surface area contributed by atoms with E-state index in [9.17, 15) is 23.5 Å². The van der Waals surface area contributed by atoms with E-state index in [1.54, 1.807) is 6.92 Å². The molecule has 1 fully saturated rings. The Morgan fingerprint density at radius 3 is 2.67 bits per heavy atom. The van der Waals surface area contributed by atoms with Crippen molar-refractivity contribution < 1.29 is 28.6 Å². The summed E-state index contributed by atoms with van der Waals surface area (Å²) in [6.45, 7) is 3.73. The highest BCUT2D eigenvalue weighted by Crippen LogP contribution is 2.34. The van der Waals surface area contributed by atoms with Gasteiger partial charge in [0.25, 0.3) is 5.91 Å². The van der Waals surface area contributed by atoms with Crippen LogP contribution in [0.15, 0.2) is 12.2 Å². The number of hydrogen-bond acceptors (Lipinski definition) is 3. The highest BCUT2D eigenvalue weighted by molar-refractivity contribution is 5.86. The number of aliphatic hydroxyl groups excluding tert-OH is 1. The van der Waals surface area contributed by atoms with Crippen molar-refractivity contribution in [2.75, 3.05) is 6.54 Å². The molecule has 5 nitrogen and oxygen atoms in total. The van der Waals surface area contributed by atoms with Gasteiger partial charge in [-0.05, 0) is 25.7 Å². The van der Waals surface area contributed by atoms with Gasteiger partial charge in [-0.3, -0.25) is 9.59 Å². The van der Waals surface area contributed by atoms with Gasteiger partial charge in [0.05, 0.1) is 12.1 Å². The van der Waals surface area contributed by atoms with Crippen molar-refractivity contribution in [3.63, 3.8) is 0 Å². The molecule has 0 spiro atoms. The van der Waals surface area contributed by atoms with Gasteiger partial charge in [-0.15, -0.1) is 11.8 Å². The zero-order chi connectivity index (χ0) is 20.4. The summed E-state index contributed by atoms with van der Waals surface area (Å²) in [5, 5.41) is 18.7. The van der Waals surface area contributed by atoms with Gasteiger partial charge in [-0.25, -0.2) is 0 Å². The molecule has 0 aromatic carbocycles. The Balaban J connectivity index is 2.59. The monoisotopic (exact) mass is 385 g/mol. The van der Waals surface area contributed by atoms with E-state index in [-0.39, 0.29) is 18.9 Å². The van der Waals surface area contributed by atoms with Crippen LogP contribution in [0.2, 0.25) is 0 Å². The molecule has 3 atom stereocenters. The van der Waals surface area contributed by atoms with Crippen molar-refractivity contribution in [2.24, 2.45) is 5.92 Å². The summed E-state index contributed by atoms with van der Waals surface area (Å²) in [6.07, 6.45) is 4.58. The lowest BCUT2D eigenvalue weighted by molar-refractivity contribution is -0.148. The first-order valence-electron chi connectivity index (χ1n) is 9.35. The molecule has 1 saturated heterocycles. The average Bonchev–Trinajstić information content (AvgIpc) is 2.82. The maximum Gasteiger partial charge on any atom is 0.327 e. The Morgan fingerprint density at radius 1 is 1.37 bits per heavy atom. The number of aliphatic hydroxyl groups is 1. The molecule has 1 aliphatic rings. The molecule has 27 heavy (non-hydrogen) atoms. The standard InChI is InChI=1S/C20H29F2NO4/c1-3-4-9-15(2)17(24)12-11-16-14-20(21,22)19(27)23(16)13-8-6-5-7-10-18(25)26/h11-12,15-17,24H,5-10,13-14H2,1-2H3,(H,25,26)/b12-11+/t15-,16?,17-/m1/s1. The van der Waals surface area contributed by atoms with Crippen molar-refractivity contribution in [3.05, 3.63) is 12.2 Å². The summed E-state index contributed by atoms with van der Waals surface area (Å²) < 4.78 is 27.7. The third-order valence-electron chi connectivity index (χ3n) is 4.69. The number of halogens is 2. The quantitative estimate of drug-likeness (QED) is 0.325. The van der Waals surface area contributed by atoms with Crippen LogP contribution in [-0.4, -0.2) is 51.6 Å². The van der Waals surface area contributed by atoms with Gasteiger partial charge in [-0.1, -0.05) is 31.9 Å². The molecule has 1 amide bonds. The third kappa shape index (κ3) is 7.67. The normalized spacial score (nSPS) is 21.1. The predicted molar refractivity (Wildman–Crippen MR) is 98.2 cm³/mol. The first-order valence-corrected chi connectivity index (χ1v) is 9.35. The van der Waals surface area contributed by atoms with E-state index in [0.717, 1.165) is 4.90 Å². The maximum absolute atomic E-state index is 13.8. The number of likely N-dealkylation sites (tertiary alicyclic amines) is 1. The molecule has 0 aromatic heterocycles. The molecule has 152 valence electrons. The highest BCUT2D eigenvalue weighted by atomic mass is 19.3. The van der Waals surface area contributed by atoms with Gasteiger partial charge in [0, 0.05) is 25.8 Å². The second kappa shape index (κ2) is 11.0. The highest BCUT2D eigenvalue weighted by Gasteiger charge is 2.52. The fraction of sp³-hybridized carbons (Fsp3) is 0.700. The number of carboxylic acid groups (broad SMARTS) is 1. The van der Waals surface area contributed by atoms with Crippen LogP contribution in [0.4, 0.5) is 8.78 Å². The van der Waals surface area contributed by atoms with Crippen molar-refractivity contribution in [1.82, 2.24) is 4.90 Å². The molecule has 0 saturated carbocycles. The zero-order valence-corrected chi connectivity index (χ0v) is 16.0. The molecule has 1 rings (SSSR count). The summed E-state index contributed by atoms with van der Waals surface area (Å²) in [6, 6.07) is -0.745. The molecular formula is C20H29F2NO4. The minimum Gasteiger partial charge on any atom is -0.481 e. The number of hydrogen-bond donors (Lipinski definition) is 2. The van der Waals surface area contributed by atoms with Crippen LogP contribution in [0.3, 0.4) is 0 Å². The number of carbonyl (C=O) groups excluding carboxylic acids is 1. The molecule has 0 bridgehead atoms. The van der Waals surface area contributed by atoms with Gasteiger partial charge in [-0.2, -0.15) is 8.78 Å². The summed E-state index contributed by atoms with van der Waals surface area (Å²) in [5.74, 6) is 0.0706. The zero-order valence-electron chi connectivity index (χ0n) is 16.0. The van der Waals surface area contributed by atoms with Gasteiger partial charge in [0.1, 0.15) is 0 Å². The van der Waals surface area contributed by atoms with Crippen molar-refractivity contribution in [2.45, 2.75) is 76.9 Å². The van der Waals surface area contributed by atoms with E-state index < -0.39 is 36.4 Å². The van der Waals surface area contributed by atoms with Crippen LogP contribution < -0.4 is 0 Å². The number of carboxylic acids is 1. The average molecular weight is 385 g/mol. The summed E-state index contributed by atoms with van der Waals surface area (Å²) in [7, 11) is 0. The fourth-order valence-electron chi connectivity index (χ4n) is 2.99. The summed E-state index contributed by atoms with van der Waals surface area (Å²) >= 11 is 0. The Hall–Kier alpha value is -1.94. The van der Waals surface area contributed by atoms with Crippen LogP contribution in [-0.2, 0) is 9.59 Å².